The zero-order valence-electron chi connectivity index (χ0n) is 8.55. The average molecular weight is 237 g/mol. The summed E-state index contributed by atoms with van der Waals surface area (Å²) in [6.07, 6.45) is -2.50. The van der Waals surface area contributed by atoms with Gasteiger partial charge in [-0.1, -0.05) is 0 Å². The van der Waals surface area contributed by atoms with Crippen LogP contribution in [0.15, 0.2) is 12.1 Å². The molecule has 0 fully saturated rings. The van der Waals surface area contributed by atoms with Gasteiger partial charge in [0.05, 0.1) is 6.54 Å². The van der Waals surface area contributed by atoms with Crippen LogP contribution in [0.1, 0.15) is 5.56 Å². The fourth-order valence-corrected chi connectivity index (χ4v) is 1.32. The number of phenolic OH excluding ortho intramolecular Hbond substituents is 1. The van der Waals surface area contributed by atoms with Crippen LogP contribution in [0.3, 0.4) is 0 Å². The van der Waals surface area contributed by atoms with Crippen molar-refractivity contribution in [3.63, 3.8) is 0 Å². The number of hydrogen-bond donors (Lipinski definition) is 1. The van der Waals surface area contributed by atoms with Crippen LogP contribution in [0.5, 0.6) is 5.75 Å². The summed E-state index contributed by atoms with van der Waals surface area (Å²) >= 11 is 0. The normalized spacial score (nSPS) is 11.4. The van der Waals surface area contributed by atoms with Crippen molar-refractivity contribution in [2.75, 3.05) is 13.6 Å². The first-order valence-electron chi connectivity index (χ1n) is 4.53. The fraction of sp³-hybridized carbons (Fsp3) is 0.400. The lowest BCUT2D eigenvalue weighted by Gasteiger charge is -2.16. The Morgan fingerprint density at radius 3 is 2.19 bits per heavy atom. The summed E-state index contributed by atoms with van der Waals surface area (Å²) in [7, 11) is 1.41. The van der Waals surface area contributed by atoms with Crippen molar-refractivity contribution in [2.45, 2.75) is 13.0 Å². The standard InChI is InChI=1S/C10H11F4NO/c1-15(5-9(13)14)4-6-2-7(11)10(16)8(12)3-6/h2-3,9,16H,4-5H2,1H3. The summed E-state index contributed by atoms with van der Waals surface area (Å²) in [6, 6.07) is 1.83. The highest BCUT2D eigenvalue weighted by atomic mass is 19.3. The lowest BCUT2D eigenvalue weighted by atomic mass is 10.2. The molecule has 1 aromatic carbocycles. The fourth-order valence-electron chi connectivity index (χ4n) is 1.32. The second kappa shape index (κ2) is 5.16. The van der Waals surface area contributed by atoms with E-state index in [1.165, 1.54) is 11.9 Å². The summed E-state index contributed by atoms with van der Waals surface area (Å²) < 4.78 is 49.8. The first-order chi connectivity index (χ1) is 7.40. The molecule has 0 aliphatic heterocycles. The van der Waals surface area contributed by atoms with Crippen LogP contribution in [-0.4, -0.2) is 30.0 Å². The first-order valence-corrected chi connectivity index (χ1v) is 4.53. The summed E-state index contributed by atoms with van der Waals surface area (Å²) in [4.78, 5) is 1.23. The molecule has 0 radical (unpaired) electrons. The van der Waals surface area contributed by atoms with E-state index in [1.807, 2.05) is 0 Å². The van der Waals surface area contributed by atoms with E-state index in [9.17, 15) is 17.6 Å². The molecular formula is C10H11F4NO. The maximum atomic E-state index is 12.9. The number of phenols is 1. The molecule has 6 heteroatoms. The van der Waals surface area contributed by atoms with Gasteiger partial charge < -0.3 is 5.11 Å². The van der Waals surface area contributed by atoms with Gasteiger partial charge in [-0.05, 0) is 24.7 Å². The Morgan fingerprint density at radius 1 is 1.25 bits per heavy atom. The van der Waals surface area contributed by atoms with Crippen LogP contribution in [0.2, 0.25) is 0 Å². The van der Waals surface area contributed by atoms with Crippen molar-refractivity contribution < 1.29 is 22.7 Å². The molecule has 0 aliphatic rings. The van der Waals surface area contributed by atoms with Gasteiger partial charge in [0.25, 0.3) is 6.43 Å². The maximum absolute atomic E-state index is 12.9. The zero-order chi connectivity index (χ0) is 12.3. The molecule has 0 aromatic heterocycles. The number of halogens is 4. The summed E-state index contributed by atoms with van der Waals surface area (Å²) in [6.45, 7) is -0.497. The second-order valence-electron chi connectivity index (χ2n) is 3.50. The molecule has 0 aliphatic carbocycles. The van der Waals surface area contributed by atoms with Gasteiger partial charge in [0.15, 0.2) is 17.4 Å². The van der Waals surface area contributed by atoms with E-state index < -0.39 is 30.4 Å². The lowest BCUT2D eigenvalue weighted by Crippen LogP contribution is -2.24. The van der Waals surface area contributed by atoms with E-state index in [1.54, 1.807) is 0 Å². The molecule has 0 amide bonds. The van der Waals surface area contributed by atoms with E-state index in [0.717, 1.165) is 12.1 Å². The molecule has 0 bridgehead atoms. The maximum Gasteiger partial charge on any atom is 0.251 e. The second-order valence-corrected chi connectivity index (χ2v) is 3.50. The molecule has 90 valence electrons. The minimum atomic E-state index is -2.50. The Morgan fingerprint density at radius 2 is 1.75 bits per heavy atom. The van der Waals surface area contributed by atoms with Gasteiger partial charge in [0, 0.05) is 6.54 Å². The number of rotatable bonds is 4. The number of hydrogen-bond acceptors (Lipinski definition) is 2. The topological polar surface area (TPSA) is 23.5 Å². The van der Waals surface area contributed by atoms with E-state index >= 15 is 0 Å². The number of aromatic hydroxyl groups is 1. The summed E-state index contributed by atoms with van der Waals surface area (Å²) in [5.41, 5.74) is 0.191. The Kier molecular flexibility index (Phi) is 4.12. The highest BCUT2D eigenvalue weighted by molar-refractivity contribution is 5.29. The van der Waals surface area contributed by atoms with E-state index in [2.05, 4.69) is 0 Å². The van der Waals surface area contributed by atoms with Gasteiger partial charge >= 0.3 is 0 Å². The third kappa shape index (κ3) is 3.37. The molecule has 1 aromatic rings. The number of nitrogens with zero attached hydrogens (tertiary/aromatic N) is 1. The predicted octanol–water partition coefficient (Wildman–Crippen LogP) is 2.37. The predicted molar refractivity (Wildman–Crippen MR) is 50.4 cm³/mol. The molecule has 1 rings (SSSR count). The van der Waals surface area contributed by atoms with Gasteiger partial charge in [-0.25, -0.2) is 17.6 Å². The van der Waals surface area contributed by atoms with Gasteiger partial charge in [0.2, 0.25) is 0 Å². The quantitative estimate of drug-likeness (QED) is 0.812. The van der Waals surface area contributed by atoms with Crippen LogP contribution in [0.25, 0.3) is 0 Å². The molecule has 0 atom stereocenters. The van der Waals surface area contributed by atoms with Gasteiger partial charge in [-0.15, -0.1) is 0 Å². The third-order valence-electron chi connectivity index (χ3n) is 1.98. The highest BCUT2D eigenvalue weighted by Crippen LogP contribution is 2.22. The Hall–Kier alpha value is -1.30. The van der Waals surface area contributed by atoms with E-state index in [4.69, 9.17) is 5.11 Å². The largest absolute Gasteiger partial charge is 0.503 e. The third-order valence-corrected chi connectivity index (χ3v) is 1.98. The van der Waals surface area contributed by atoms with Gasteiger partial charge in [-0.3, -0.25) is 4.90 Å². The minimum absolute atomic E-state index is 0.0154. The molecule has 16 heavy (non-hydrogen) atoms. The molecule has 0 saturated heterocycles. The van der Waals surface area contributed by atoms with Crippen LogP contribution in [-0.2, 0) is 6.54 Å². The monoisotopic (exact) mass is 237 g/mol. The van der Waals surface area contributed by atoms with E-state index in [-0.39, 0.29) is 12.1 Å². The number of benzene rings is 1. The van der Waals surface area contributed by atoms with Crippen molar-refractivity contribution in [3.8, 4) is 5.75 Å². The Balaban J connectivity index is 2.74. The molecule has 2 nitrogen and oxygen atoms in total. The van der Waals surface area contributed by atoms with Crippen LogP contribution in [0.4, 0.5) is 17.6 Å². The molecule has 0 heterocycles. The summed E-state index contributed by atoms with van der Waals surface area (Å²) in [5, 5.41) is 8.83. The molecule has 0 saturated carbocycles. The molecular weight excluding hydrogens is 226 g/mol. The SMILES string of the molecule is CN(Cc1cc(F)c(O)c(F)c1)CC(F)F. The smallest absolute Gasteiger partial charge is 0.251 e. The molecule has 0 unspecified atom stereocenters. The van der Waals surface area contributed by atoms with Crippen molar-refractivity contribution in [1.82, 2.24) is 4.90 Å². The molecule has 0 spiro atoms. The summed E-state index contributed by atoms with van der Waals surface area (Å²) in [5.74, 6) is -3.25. The Bertz CT molecular complexity index is 347. The van der Waals surface area contributed by atoms with Crippen molar-refractivity contribution in [2.24, 2.45) is 0 Å². The zero-order valence-corrected chi connectivity index (χ0v) is 8.55. The van der Waals surface area contributed by atoms with Crippen LogP contribution < -0.4 is 0 Å². The van der Waals surface area contributed by atoms with Crippen LogP contribution >= 0.6 is 0 Å². The van der Waals surface area contributed by atoms with Gasteiger partial charge in [-0.2, -0.15) is 0 Å². The lowest BCUT2D eigenvalue weighted by molar-refractivity contribution is 0.0975. The van der Waals surface area contributed by atoms with Crippen molar-refractivity contribution >= 4 is 0 Å². The number of alkyl halides is 2. The van der Waals surface area contributed by atoms with Crippen molar-refractivity contribution in [1.29, 1.82) is 0 Å². The highest BCUT2D eigenvalue weighted by Gasteiger charge is 2.12. The van der Waals surface area contributed by atoms with Crippen LogP contribution in [0, 0.1) is 11.6 Å². The molecule has 1 N–H and O–H groups in total. The first kappa shape index (κ1) is 12.8. The van der Waals surface area contributed by atoms with Crippen molar-refractivity contribution in [3.05, 3.63) is 29.3 Å². The van der Waals surface area contributed by atoms with E-state index in [0.29, 0.717) is 0 Å². The Labute approximate surface area is 90.1 Å². The van der Waals surface area contributed by atoms with Gasteiger partial charge in [0.1, 0.15) is 0 Å². The minimum Gasteiger partial charge on any atom is -0.503 e. The average Bonchev–Trinajstić information content (AvgIpc) is 2.12.